The standard InChI is InChI=1S/C24H23FN2O3/c1-16-12-19(14-26-27-24(28)21-6-4-5-7-22(21)29-3)13-17(2)23(16)30-15-18-8-10-20(25)11-9-18/h4-14H,15H2,1-3H3,(H,27,28)/b26-14-. The second-order valence-electron chi connectivity index (χ2n) is 6.80. The van der Waals surface area contributed by atoms with Crippen LogP contribution in [0.3, 0.4) is 0 Å². The van der Waals surface area contributed by atoms with Crippen LogP contribution in [0.2, 0.25) is 0 Å². The van der Waals surface area contributed by atoms with Gasteiger partial charge in [0.2, 0.25) is 0 Å². The Morgan fingerprint density at radius 3 is 2.40 bits per heavy atom. The summed E-state index contributed by atoms with van der Waals surface area (Å²) in [7, 11) is 1.51. The van der Waals surface area contributed by atoms with E-state index in [1.807, 2.05) is 26.0 Å². The van der Waals surface area contributed by atoms with Gasteiger partial charge in [-0.2, -0.15) is 5.10 Å². The van der Waals surface area contributed by atoms with Gasteiger partial charge in [0.05, 0.1) is 18.9 Å². The quantitative estimate of drug-likeness (QED) is 0.453. The van der Waals surface area contributed by atoms with Gasteiger partial charge in [-0.05, 0) is 72.5 Å². The van der Waals surface area contributed by atoms with Crippen molar-refractivity contribution >= 4 is 12.1 Å². The highest BCUT2D eigenvalue weighted by molar-refractivity contribution is 5.97. The van der Waals surface area contributed by atoms with E-state index in [1.165, 1.54) is 19.2 Å². The van der Waals surface area contributed by atoms with Crippen LogP contribution in [0.5, 0.6) is 11.5 Å². The maximum Gasteiger partial charge on any atom is 0.275 e. The number of amides is 1. The highest BCUT2D eigenvalue weighted by atomic mass is 19.1. The van der Waals surface area contributed by atoms with E-state index in [-0.39, 0.29) is 11.7 Å². The molecule has 0 aliphatic heterocycles. The van der Waals surface area contributed by atoms with Crippen molar-refractivity contribution in [3.05, 3.63) is 94.3 Å². The number of methoxy groups -OCH3 is 1. The number of nitrogens with zero attached hydrogens (tertiary/aromatic N) is 1. The molecule has 6 heteroatoms. The Labute approximate surface area is 175 Å². The number of hydrazone groups is 1. The molecule has 0 saturated heterocycles. The Bertz CT molecular complexity index is 1040. The van der Waals surface area contributed by atoms with Crippen LogP contribution in [0.1, 0.15) is 32.6 Å². The summed E-state index contributed by atoms with van der Waals surface area (Å²) in [4.78, 5) is 12.3. The summed E-state index contributed by atoms with van der Waals surface area (Å²) in [5, 5.41) is 4.05. The summed E-state index contributed by atoms with van der Waals surface area (Å²) in [6.07, 6.45) is 1.58. The third-order valence-corrected chi connectivity index (χ3v) is 4.51. The van der Waals surface area contributed by atoms with Crippen molar-refractivity contribution < 1.29 is 18.7 Å². The van der Waals surface area contributed by atoms with Crippen LogP contribution in [0.4, 0.5) is 4.39 Å². The van der Waals surface area contributed by atoms with Gasteiger partial charge in [-0.25, -0.2) is 9.82 Å². The lowest BCUT2D eigenvalue weighted by atomic mass is 10.1. The van der Waals surface area contributed by atoms with Crippen LogP contribution >= 0.6 is 0 Å². The van der Waals surface area contributed by atoms with Gasteiger partial charge in [-0.15, -0.1) is 0 Å². The molecule has 0 bridgehead atoms. The highest BCUT2D eigenvalue weighted by Gasteiger charge is 2.10. The summed E-state index contributed by atoms with van der Waals surface area (Å²) < 4.78 is 24.1. The first-order chi connectivity index (χ1) is 14.5. The number of halogens is 1. The molecule has 0 saturated carbocycles. The molecular formula is C24H23FN2O3. The number of carbonyl (C=O) groups is 1. The molecule has 154 valence electrons. The van der Waals surface area contributed by atoms with Gasteiger partial charge < -0.3 is 9.47 Å². The van der Waals surface area contributed by atoms with Crippen LogP contribution in [-0.2, 0) is 6.61 Å². The molecule has 0 spiro atoms. The molecule has 3 aromatic carbocycles. The fourth-order valence-electron chi connectivity index (χ4n) is 3.08. The lowest BCUT2D eigenvalue weighted by molar-refractivity contribution is 0.0952. The maximum atomic E-state index is 13.0. The fourth-order valence-corrected chi connectivity index (χ4v) is 3.08. The molecule has 0 aromatic heterocycles. The number of benzene rings is 3. The van der Waals surface area contributed by atoms with Gasteiger partial charge in [0.25, 0.3) is 5.91 Å². The SMILES string of the molecule is COc1ccccc1C(=O)N/N=C\c1cc(C)c(OCc2ccc(F)cc2)c(C)c1. The van der Waals surface area contributed by atoms with Gasteiger partial charge in [0.15, 0.2) is 0 Å². The second-order valence-corrected chi connectivity index (χ2v) is 6.80. The number of aryl methyl sites for hydroxylation is 2. The zero-order valence-electron chi connectivity index (χ0n) is 17.1. The van der Waals surface area contributed by atoms with E-state index < -0.39 is 0 Å². The topological polar surface area (TPSA) is 59.9 Å². The van der Waals surface area contributed by atoms with Crippen molar-refractivity contribution in [3.8, 4) is 11.5 Å². The first kappa shape index (κ1) is 21.0. The molecule has 3 aromatic rings. The van der Waals surface area contributed by atoms with E-state index in [9.17, 15) is 9.18 Å². The molecule has 0 atom stereocenters. The number of para-hydroxylation sites is 1. The number of nitrogens with one attached hydrogen (secondary N) is 1. The molecule has 30 heavy (non-hydrogen) atoms. The van der Waals surface area contributed by atoms with E-state index in [0.29, 0.717) is 17.9 Å². The summed E-state index contributed by atoms with van der Waals surface area (Å²) >= 11 is 0. The number of hydrogen-bond donors (Lipinski definition) is 1. The van der Waals surface area contributed by atoms with Gasteiger partial charge in [-0.1, -0.05) is 24.3 Å². The molecular weight excluding hydrogens is 383 g/mol. The van der Waals surface area contributed by atoms with E-state index in [1.54, 1.807) is 42.6 Å². The summed E-state index contributed by atoms with van der Waals surface area (Å²) in [5.41, 5.74) is 6.53. The molecule has 0 unspecified atom stereocenters. The molecule has 3 rings (SSSR count). The van der Waals surface area contributed by atoms with Gasteiger partial charge in [-0.3, -0.25) is 4.79 Å². The monoisotopic (exact) mass is 406 g/mol. The molecule has 0 fully saturated rings. The highest BCUT2D eigenvalue weighted by Crippen LogP contribution is 2.25. The number of hydrogen-bond acceptors (Lipinski definition) is 4. The summed E-state index contributed by atoms with van der Waals surface area (Å²) in [6, 6.07) is 17.0. The lowest BCUT2D eigenvalue weighted by Gasteiger charge is -2.13. The van der Waals surface area contributed by atoms with Crippen LogP contribution in [-0.4, -0.2) is 19.2 Å². The van der Waals surface area contributed by atoms with Gasteiger partial charge in [0, 0.05) is 0 Å². The molecule has 0 heterocycles. The molecule has 1 N–H and O–H groups in total. The van der Waals surface area contributed by atoms with Crippen molar-refractivity contribution in [3.63, 3.8) is 0 Å². The minimum Gasteiger partial charge on any atom is -0.496 e. The van der Waals surface area contributed by atoms with E-state index in [4.69, 9.17) is 9.47 Å². The predicted octanol–water partition coefficient (Wildman–Crippen LogP) is 4.79. The van der Waals surface area contributed by atoms with Crippen molar-refractivity contribution in [2.75, 3.05) is 7.11 Å². The van der Waals surface area contributed by atoms with Crippen LogP contribution in [0, 0.1) is 19.7 Å². The number of carbonyl (C=O) groups excluding carboxylic acids is 1. The number of rotatable bonds is 7. The van der Waals surface area contributed by atoms with Crippen molar-refractivity contribution in [2.24, 2.45) is 5.10 Å². The number of ether oxygens (including phenoxy) is 2. The van der Waals surface area contributed by atoms with Crippen molar-refractivity contribution in [2.45, 2.75) is 20.5 Å². The minimum atomic E-state index is -0.351. The Kier molecular flexibility index (Phi) is 6.80. The second kappa shape index (κ2) is 9.69. The third kappa shape index (κ3) is 5.23. The zero-order valence-corrected chi connectivity index (χ0v) is 17.1. The summed E-state index contributed by atoms with van der Waals surface area (Å²) in [6.45, 7) is 4.24. The molecule has 0 radical (unpaired) electrons. The first-order valence-corrected chi connectivity index (χ1v) is 9.43. The van der Waals surface area contributed by atoms with E-state index in [2.05, 4.69) is 10.5 Å². The average molecular weight is 406 g/mol. The molecule has 0 aliphatic carbocycles. The Hall–Kier alpha value is -3.67. The smallest absolute Gasteiger partial charge is 0.275 e. The van der Waals surface area contributed by atoms with Crippen LogP contribution in [0.25, 0.3) is 0 Å². The lowest BCUT2D eigenvalue weighted by Crippen LogP contribution is -2.18. The largest absolute Gasteiger partial charge is 0.496 e. The van der Waals surface area contributed by atoms with E-state index >= 15 is 0 Å². The van der Waals surface area contributed by atoms with Crippen LogP contribution in [0.15, 0.2) is 65.8 Å². The van der Waals surface area contributed by atoms with Crippen molar-refractivity contribution in [1.82, 2.24) is 5.43 Å². The zero-order chi connectivity index (χ0) is 21.5. The predicted molar refractivity (Wildman–Crippen MR) is 115 cm³/mol. The maximum absolute atomic E-state index is 13.0. The Morgan fingerprint density at radius 1 is 1.07 bits per heavy atom. The van der Waals surface area contributed by atoms with Crippen LogP contribution < -0.4 is 14.9 Å². The molecule has 1 amide bonds. The first-order valence-electron chi connectivity index (χ1n) is 9.43. The normalized spacial score (nSPS) is 10.8. The van der Waals surface area contributed by atoms with Gasteiger partial charge in [0.1, 0.15) is 23.9 Å². The fraction of sp³-hybridized carbons (Fsp3) is 0.167. The minimum absolute atomic E-state index is 0.271. The Balaban J connectivity index is 1.65. The Morgan fingerprint density at radius 2 is 1.73 bits per heavy atom. The van der Waals surface area contributed by atoms with Crippen molar-refractivity contribution in [1.29, 1.82) is 0 Å². The van der Waals surface area contributed by atoms with Gasteiger partial charge >= 0.3 is 0 Å². The summed E-state index contributed by atoms with van der Waals surface area (Å²) in [5.74, 6) is 0.637. The molecule has 0 aliphatic rings. The third-order valence-electron chi connectivity index (χ3n) is 4.51. The van der Waals surface area contributed by atoms with E-state index in [0.717, 1.165) is 28.0 Å². The average Bonchev–Trinajstić information content (AvgIpc) is 2.74. The molecule has 5 nitrogen and oxygen atoms in total.